The van der Waals surface area contributed by atoms with Gasteiger partial charge in [-0.1, -0.05) is 31.2 Å². The van der Waals surface area contributed by atoms with Crippen molar-refractivity contribution in [2.75, 3.05) is 5.32 Å². The molecule has 2 heterocycles. The number of anilines is 2. The van der Waals surface area contributed by atoms with Crippen molar-refractivity contribution in [2.45, 2.75) is 25.8 Å². The summed E-state index contributed by atoms with van der Waals surface area (Å²) >= 11 is 0. The van der Waals surface area contributed by atoms with Crippen LogP contribution < -0.4 is 11.1 Å². The molecule has 2 aromatic heterocycles. The third kappa shape index (κ3) is 4.13. The lowest BCUT2D eigenvalue weighted by atomic mass is 10.0. The lowest BCUT2D eigenvalue weighted by Crippen LogP contribution is -2.17. The van der Waals surface area contributed by atoms with E-state index < -0.39 is 0 Å². The molecule has 5 heteroatoms. The smallest absolute Gasteiger partial charge is 0.0809 e. The van der Waals surface area contributed by atoms with E-state index in [4.69, 9.17) is 11.1 Å². The third-order valence-corrected chi connectivity index (χ3v) is 4.23. The number of para-hydroxylation sites is 1. The van der Waals surface area contributed by atoms with Gasteiger partial charge in [-0.15, -0.1) is 0 Å². The number of nitrogens with two attached hydrogens (primary N) is 1. The Balaban J connectivity index is 1.85. The zero-order valence-corrected chi connectivity index (χ0v) is 14.8. The average molecular weight is 345 g/mol. The Morgan fingerprint density at radius 3 is 2.62 bits per heavy atom. The minimum absolute atomic E-state index is 0.273. The summed E-state index contributed by atoms with van der Waals surface area (Å²) in [4.78, 5) is 9.14. The Labute approximate surface area is 153 Å². The summed E-state index contributed by atoms with van der Waals surface area (Å²) in [7, 11) is 0. The topological polar surface area (TPSA) is 87.7 Å². The highest BCUT2D eigenvalue weighted by molar-refractivity contribution is 5.87. The maximum atomic E-state index is 7.56. The summed E-state index contributed by atoms with van der Waals surface area (Å²) in [5, 5.41) is 10.9. The molecule has 0 amide bonds. The molecule has 0 aliphatic carbocycles. The molecule has 1 atom stereocenters. The van der Waals surface area contributed by atoms with Gasteiger partial charge in [-0.25, -0.2) is 0 Å². The molecule has 0 saturated heterocycles. The molecule has 0 aliphatic heterocycles. The maximum Gasteiger partial charge on any atom is 0.0809 e. The molecule has 0 radical (unpaired) electrons. The summed E-state index contributed by atoms with van der Waals surface area (Å²) in [6.45, 7) is 2.09. The van der Waals surface area contributed by atoms with E-state index >= 15 is 0 Å². The predicted molar refractivity (Wildman–Crippen MR) is 106 cm³/mol. The van der Waals surface area contributed by atoms with Crippen LogP contribution in [0.3, 0.4) is 0 Å². The molecule has 132 valence electrons. The van der Waals surface area contributed by atoms with Crippen molar-refractivity contribution in [1.29, 1.82) is 5.41 Å². The highest BCUT2D eigenvalue weighted by Crippen LogP contribution is 2.26. The van der Waals surface area contributed by atoms with Crippen LogP contribution in [-0.4, -0.2) is 16.2 Å². The van der Waals surface area contributed by atoms with Crippen LogP contribution in [0.4, 0.5) is 11.4 Å². The fraction of sp³-hybridized carbons (Fsp3) is 0.190. The van der Waals surface area contributed by atoms with Crippen LogP contribution in [-0.2, 0) is 12.8 Å². The predicted octanol–water partition coefficient (Wildman–Crippen LogP) is 4.02. The van der Waals surface area contributed by atoms with Crippen LogP contribution in [0.5, 0.6) is 0 Å². The van der Waals surface area contributed by atoms with Gasteiger partial charge >= 0.3 is 0 Å². The standard InChI is InChI=1S/C21H23N5/c1-2-16-8-5-9-17(25-16)13-18(23)21-20(11-6-12-24-21)26-19-10-4-3-7-15(19)14-22/h3-12,14,18,22,26H,2,13,23H2,1H3. The van der Waals surface area contributed by atoms with Gasteiger partial charge in [-0.2, -0.15) is 0 Å². The van der Waals surface area contributed by atoms with Crippen LogP contribution in [0.25, 0.3) is 0 Å². The number of aryl methyl sites for hydroxylation is 1. The Morgan fingerprint density at radius 1 is 1.04 bits per heavy atom. The van der Waals surface area contributed by atoms with Crippen LogP contribution in [0.15, 0.2) is 60.8 Å². The van der Waals surface area contributed by atoms with E-state index in [-0.39, 0.29) is 6.04 Å². The van der Waals surface area contributed by atoms with Crippen LogP contribution in [0.2, 0.25) is 0 Å². The van der Waals surface area contributed by atoms with Gasteiger partial charge in [0.05, 0.1) is 17.4 Å². The molecule has 1 unspecified atom stereocenters. The van der Waals surface area contributed by atoms with Crippen molar-refractivity contribution in [2.24, 2.45) is 5.73 Å². The number of hydrogen-bond donors (Lipinski definition) is 3. The molecular weight excluding hydrogens is 322 g/mol. The largest absolute Gasteiger partial charge is 0.353 e. The van der Waals surface area contributed by atoms with E-state index in [0.717, 1.165) is 40.4 Å². The number of benzene rings is 1. The summed E-state index contributed by atoms with van der Waals surface area (Å²) in [5.74, 6) is 0. The molecular formula is C21H23N5. The molecule has 3 rings (SSSR count). The summed E-state index contributed by atoms with van der Waals surface area (Å²) in [6, 6.07) is 17.3. The lowest BCUT2D eigenvalue weighted by molar-refractivity contribution is 0.682. The second-order valence-electron chi connectivity index (χ2n) is 6.08. The summed E-state index contributed by atoms with van der Waals surface area (Å²) in [5.41, 5.74) is 11.8. The second-order valence-corrected chi connectivity index (χ2v) is 6.08. The molecule has 0 bridgehead atoms. The van der Waals surface area contributed by atoms with Gasteiger partial charge in [0.25, 0.3) is 0 Å². The van der Waals surface area contributed by atoms with Gasteiger partial charge in [0.15, 0.2) is 0 Å². The molecule has 26 heavy (non-hydrogen) atoms. The second kappa shape index (κ2) is 8.36. The quantitative estimate of drug-likeness (QED) is 0.564. The highest BCUT2D eigenvalue weighted by Gasteiger charge is 2.15. The zero-order chi connectivity index (χ0) is 18.4. The van der Waals surface area contributed by atoms with E-state index in [2.05, 4.69) is 22.2 Å². The number of rotatable bonds is 7. The molecule has 5 nitrogen and oxygen atoms in total. The van der Waals surface area contributed by atoms with Crippen LogP contribution >= 0.6 is 0 Å². The molecule has 0 saturated carbocycles. The minimum Gasteiger partial charge on any atom is -0.353 e. The van der Waals surface area contributed by atoms with Crippen LogP contribution in [0.1, 0.15) is 35.6 Å². The number of hydrogen-bond acceptors (Lipinski definition) is 5. The van der Waals surface area contributed by atoms with Gasteiger partial charge in [0.2, 0.25) is 0 Å². The average Bonchev–Trinajstić information content (AvgIpc) is 2.69. The van der Waals surface area contributed by atoms with Crippen molar-refractivity contribution in [3.63, 3.8) is 0 Å². The van der Waals surface area contributed by atoms with E-state index in [1.54, 1.807) is 6.20 Å². The summed E-state index contributed by atoms with van der Waals surface area (Å²) < 4.78 is 0. The SMILES string of the molecule is CCc1cccc(CC(N)c2ncccc2Nc2ccccc2C=N)n1. The maximum absolute atomic E-state index is 7.56. The number of nitrogens with zero attached hydrogens (tertiary/aromatic N) is 2. The first kappa shape index (κ1) is 17.8. The zero-order valence-electron chi connectivity index (χ0n) is 14.8. The first-order chi connectivity index (χ1) is 12.7. The normalized spacial score (nSPS) is 11.8. The van der Waals surface area contributed by atoms with Crippen molar-refractivity contribution in [1.82, 2.24) is 9.97 Å². The molecule has 0 spiro atoms. The number of pyridine rings is 2. The Morgan fingerprint density at radius 2 is 1.81 bits per heavy atom. The van der Waals surface area contributed by atoms with Crippen molar-refractivity contribution in [3.8, 4) is 0 Å². The van der Waals surface area contributed by atoms with Gasteiger partial charge in [-0.3, -0.25) is 9.97 Å². The first-order valence-corrected chi connectivity index (χ1v) is 8.73. The van der Waals surface area contributed by atoms with E-state index in [1.807, 2.05) is 54.6 Å². The van der Waals surface area contributed by atoms with Gasteiger partial charge in [-0.05, 0) is 36.8 Å². The van der Waals surface area contributed by atoms with Gasteiger partial charge in [0, 0.05) is 41.5 Å². The third-order valence-electron chi connectivity index (χ3n) is 4.23. The number of nitrogens with one attached hydrogen (secondary N) is 2. The summed E-state index contributed by atoms with van der Waals surface area (Å²) in [6.07, 6.45) is 4.60. The highest BCUT2D eigenvalue weighted by atomic mass is 14.9. The molecule has 4 N–H and O–H groups in total. The van der Waals surface area contributed by atoms with Gasteiger partial charge < -0.3 is 16.5 Å². The Kier molecular flexibility index (Phi) is 5.71. The van der Waals surface area contributed by atoms with E-state index in [1.165, 1.54) is 6.21 Å². The van der Waals surface area contributed by atoms with Crippen molar-refractivity contribution in [3.05, 3.63) is 83.4 Å². The van der Waals surface area contributed by atoms with E-state index in [9.17, 15) is 0 Å². The first-order valence-electron chi connectivity index (χ1n) is 8.73. The van der Waals surface area contributed by atoms with E-state index in [0.29, 0.717) is 6.42 Å². The van der Waals surface area contributed by atoms with Crippen LogP contribution in [0, 0.1) is 5.41 Å². The molecule has 0 fully saturated rings. The molecule has 0 aliphatic rings. The van der Waals surface area contributed by atoms with Crippen molar-refractivity contribution < 1.29 is 0 Å². The molecule has 1 aromatic carbocycles. The fourth-order valence-electron chi connectivity index (χ4n) is 2.86. The fourth-order valence-corrected chi connectivity index (χ4v) is 2.86. The monoisotopic (exact) mass is 345 g/mol. The number of aromatic nitrogens is 2. The Hall–Kier alpha value is -3.05. The Bertz CT molecular complexity index is 891. The minimum atomic E-state index is -0.273. The molecule has 3 aromatic rings. The lowest BCUT2D eigenvalue weighted by Gasteiger charge is -2.17. The van der Waals surface area contributed by atoms with Gasteiger partial charge in [0.1, 0.15) is 0 Å². The van der Waals surface area contributed by atoms with Crippen molar-refractivity contribution >= 4 is 17.6 Å².